The SMILES string of the molecule is C[N+]1(C2=Cc3c(F)cccc3CC2)CCNCC1. The van der Waals surface area contributed by atoms with Gasteiger partial charge in [-0.1, -0.05) is 12.1 Å². The highest BCUT2D eigenvalue weighted by atomic mass is 19.1. The Morgan fingerprint density at radius 3 is 2.72 bits per heavy atom. The van der Waals surface area contributed by atoms with E-state index in [1.807, 2.05) is 12.1 Å². The normalized spacial score (nSPS) is 22.2. The van der Waals surface area contributed by atoms with Crippen LogP contribution in [0.4, 0.5) is 4.39 Å². The molecule has 1 N–H and O–H groups in total. The molecule has 0 saturated carbocycles. The predicted molar refractivity (Wildman–Crippen MR) is 71.5 cm³/mol. The minimum Gasteiger partial charge on any atom is -0.306 e. The number of hydrogen-bond donors (Lipinski definition) is 1. The molecule has 1 aromatic rings. The van der Waals surface area contributed by atoms with Crippen LogP contribution in [0.5, 0.6) is 0 Å². The summed E-state index contributed by atoms with van der Waals surface area (Å²) in [4.78, 5) is 0. The zero-order valence-electron chi connectivity index (χ0n) is 10.9. The van der Waals surface area contributed by atoms with E-state index >= 15 is 0 Å². The van der Waals surface area contributed by atoms with Gasteiger partial charge in [0.1, 0.15) is 11.5 Å². The first-order valence-electron chi connectivity index (χ1n) is 6.73. The number of piperazine rings is 1. The topological polar surface area (TPSA) is 12.0 Å². The number of halogens is 1. The third-order valence-corrected chi connectivity index (χ3v) is 4.36. The molecule has 3 heteroatoms. The Kier molecular flexibility index (Phi) is 2.96. The van der Waals surface area contributed by atoms with Crippen LogP contribution in [0.1, 0.15) is 17.5 Å². The molecule has 2 nitrogen and oxygen atoms in total. The van der Waals surface area contributed by atoms with Crippen molar-refractivity contribution < 1.29 is 8.87 Å². The third kappa shape index (κ3) is 1.98. The number of likely N-dealkylation sites (N-methyl/N-ethyl adjacent to an activating group) is 1. The molecule has 1 aromatic carbocycles. The Labute approximate surface area is 108 Å². The zero-order chi connectivity index (χ0) is 12.6. The van der Waals surface area contributed by atoms with Crippen molar-refractivity contribution in [3.8, 4) is 0 Å². The van der Waals surface area contributed by atoms with Crippen molar-refractivity contribution in [3.63, 3.8) is 0 Å². The maximum absolute atomic E-state index is 13.9. The van der Waals surface area contributed by atoms with Crippen molar-refractivity contribution in [3.05, 3.63) is 40.8 Å². The van der Waals surface area contributed by atoms with Gasteiger partial charge in [0.2, 0.25) is 0 Å². The Morgan fingerprint density at radius 1 is 1.17 bits per heavy atom. The van der Waals surface area contributed by atoms with Crippen LogP contribution in [0.2, 0.25) is 0 Å². The monoisotopic (exact) mass is 247 g/mol. The first-order valence-corrected chi connectivity index (χ1v) is 6.73. The van der Waals surface area contributed by atoms with Gasteiger partial charge in [-0.05, 0) is 18.1 Å². The maximum atomic E-state index is 13.9. The van der Waals surface area contributed by atoms with E-state index < -0.39 is 0 Å². The van der Waals surface area contributed by atoms with Crippen LogP contribution in [0.3, 0.4) is 0 Å². The van der Waals surface area contributed by atoms with Crippen molar-refractivity contribution in [2.24, 2.45) is 0 Å². The summed E-state index contributed by atoms with van der Waals surface area (Å²) in [5.74, 6) is -0.0774. The molecule has 96 valence electrons. The summed E-state index contributed by atoms with van der Waals surface area (Å²) >= 11 is 0. The van der Waals surface area contributed by atoms with E-state index in [2.05, 4.69) is 18.4 Å². The highest BCUT2D eigenvalue weighted by Crippen LogP contribution is 2.31. The fourth-order valence-electron chi connectivity index (χ4n) is 3.06. The number of rotatable bonds is 1. The number of hydrogen-bond acceptors (Lipinski definition) is 1. The van der Waals surface area contributed by atoms with Gasteiger partial charge in [-0.3, -0.25) is 4.48 Å². The number of nitrogens with one attached hydrogen (secondary N) is 1. The molecule has 0 aromatic heterocycles. The molecule has 1 fully saturated rings. The molecule has 0 amide bonds. The van der Waals surface area contributed by atoms with Gasteiger partial charge < -0.3 is 5.32 Å². The number of nitrogens with zero attached hydrogens (tertiary/aromatic N) is 1. The fraction of sp³-hybridized carbons (Fsp3) is 0.467. The van der Waals surface area contributed by atoms with Crippen LogP contribution in [0.25, 0.3) is 6.08 Å². The molecule has 0 spiro atoms. The molecule has 1 aliphatic heterocycles. The van der Waals surface area contributed by atoms with Gasteiger partial charge in [0.25, 0.3) is 0 Å². The molecular formula is C15H20FN2+. The molecular weight excluding hydrogens is 227 g/mol. The molecule has 1 heterocycles. The average Bonchev–Trinajstić information content (AvgIpc) is 2.40. The molecule has 1 aliphatic carbocycles. The summed E-state index contributed by atoms with van der Waals surface area (Å²) in [6, 6.07) is 5.42. The summed E-state index contributed by atoms with van der Waals surface area (Å²) in [5, 5.41) is 3.39. The van der Waals surface area contributed by atoms with Crippen molar-refractivity contribution in [2.75, 3.05) is 33.2 Å². The summed E-state index contributed by atoms with van der Waals surface area (Å²) in [7, 11) is 2.28. The zero-order valence-corrected chi connectivity index (χ0v) is 10.9. The van der Waals surface area contributed by atoms with Gasteiger partial charge in [0, 0.05) is 31.1 Å². The highest BCUT2D eigenvalue weighted by molar-refractivity contribution is 5.58. The second kappa shape index (κ2) is 4.48. The number of quaternary nitrogens is 1. The molecule has 0 unspecified atom stereocenters. The van der Waals surface area contributed by atoms with Gasteiger partial charge >= 0.3 is 0 Å². The van der Waals surface area contributed by atoms with Gasteiger partial charge in [-0.2, -0.15) is 0 Å². The lowest BCUT2D eigenvalue weighted by Gasteiger charge is -2.40. The van der Waals surface area contributed by atoms with E-state index in [4.69, 9.17) is 0 Å². The van der Waals surface area contributed by atoms with Crippen LogP contribution in [0, 0.1) is 5.82 Å². The maximum Gasteiger partial charge on any atom is 0.130 e. The van der Waals surface area contributed by atoms with Crippen molar-refractivity contribution in [1.82, 2.24) is 5.32 Å². The largest absolute Gasteiger partial charge is 0.306 e. The van der Waals surface area contributed by atoms with E-state index in [9.17, 15) is 4.39 Å². The third-order valence-electron chi connectivity index (χ3n) is 4.36. The van der Waals surface area contributed by atoms with E-state index in [-0.39, 0.29) is 5.82 Å². The smallest absolute Gasteiger partial charge is 0.130 e. The number of allylic oxidation sites excluding steroid dienone is 1. The van der Waals surface area contributed by atoms with Crippen LogP contribution in [-0.4, -0.2) is 37.7 Å². The quantitative estimate of drug-likeness (QED) is 0.750. The van der Waals surface area contributed by atoms with E-state index in [1.165, 1.54) is 5.70 Å². The van der Waals surface area contributed by atoms with Gasteiger partial charge in [0.15, 0.2) is 0 Å². The Morgan fingerprint density at radius 2 is 1.94 bits per heavy atom. The summed E-state index contributed by atoms with van der Waals surface area (Å²) in [5.41, 5.74) is 3.35. The lowest BCUT2D eigenvalue weighted by atomic mass is 9.93. The molecule has 2 aliphatic rings. The van der Waals surface area contributed by atoms with Gasteiger partial charge in [-0.25, -0.2) is 4.39 Å². The van der Waals surface area contributed by atoms with Crippen LogP contribution >= 0.6 is 0 Å². The predicted octanol–water partition coefficient (Wildman–Crippen LogP) is 2.16. The minimum atomic E-state index is -0.0774. The summed E-state index contributed by atoms with van der Waals surface area (Å²) in [6.45, 7) is 4.32. The summed E-state index contributed by atoms with van der Waals surface area (Å²) in [6.07, 6.45) is 4.13. The van der Waals surface area contributed by atoms with Crippen LogP contribution in [0.15, 0.2) is 23.9 Å². The van der Waals surface area contributed by atoms with Gasteiger partial charge in [-0.15, -0.1) is 0 Å². The van der Waals surface area contributed by atoms with Crippen molar-refractivity contribution in [1.29, 1.82) is 0 Å². The molecule has 0 bridgehead atoms. The van der Waals surface area contributed by atoms with E-state index in [1.54, 1.807) is 6.07 Å². The average molecular weight is 247 g/mol. The van der Waals surface area contributed by atoms with E-state index in [0.29, 0.717) is 0 Å². The molecule has 0 atom stereocenters. The van der Waals surface area contributed by atoms with Crippen molar-refractivity contribution in [2.45, 2.75) is 12.8 Å². The lowest BCUT2D eigenvalue weighted by Crippen LogP contribution is -2.55. The standard InChI is InChI=1S/C15H20FN2/c1-18(9-7-17-8-10-18)13-6-5-12-3-2-4-15(16)14(12)11-13/h2-4,11,17H,5-10H2,1H3/q+1. The fourth-order valence-corrected chi connectivity index (χ4v) is 3.06. The van der Waals surface area contributed by atoms with Crippen LogP contribution in [-0.2, 0) is 6.42 Å². The highest BCUT2D eigenvalue weighted by Gasteiger charge is 2.31. The second-order valence-electron chi connectivity index (χ2n) is 5.54. The van der Waals surface area contributed by atoms with Crippen LogP contribution < -0.4 is 5.32 Å². The molecule has 3 rings (SSSR count). The number of fused-ring (bicyclic) bond motifs is 1. The summed E-state index contributed by atoms with van der Waals surface area (Å²) < 4.78 is 14.8. The van der Waals surface area contributed by atoms with E-state index in [0.717, 1.165) is 54.6 Å². The minimum absolute atomic E-state index is 0.0774. The molecule has 18 heavy (non-hydrogen) atoms. The van der Waals surface area contributed by atoms with Crippen molar-refractivity contribution >= 4 is 6.08 Å². The Bertz CT molecular complexity index is 487. The first-order chi connectivity index (χ1) is 8.69. The Balaban J connectivity index is 1.97. The molecule has 0 radical (unpaired) electrons. The number of benzene rings is 1. The Hall–Kier alpha value is -1.19. The second-order valence-corrected chi connectivity index (χ2v) is 5.54. The number of aryl methyl sites for hydroxylation is 1. The lowest BCUT2D eigenvalue weighted by molar-refractivity contribution is -0.875. The molecule has 1 saturated heterocycles. The first kappa shape index (κ1) is 11.9. The van der Waals surface area contributed by atoms with Gasteiger partial charge in [0.05, 0.1) is 20.1 Å².